The number of piperazine rings is 1. The van der Waals surface area contributed by atoms with Crippen molar-refractivity contribution < 1.29 is 17.9 Å². The van der Waals surface area contributed by atoms with Gasteiger partial charge in [-0.3, -0.25) is 4.79 Å². The second kappa shape index (κ2) is 8.75. The molecule has 0 aromatic heterocycles. The van der Waals surface area contributed by atoms with E-state index in [4.69, 9.17) is 4.74 Å². The maximum atomic E-state index is 12.8. The third-order valence-electron chi connectivity index (χ3n) is 4.94. The predicted octanol–water partition coefficient (Wildman–Crippen LogP) is 2.55. The van der Waals surface area contributed by atoms with E-state index in [2.05, 4.69) is 0 Å². The smallest absolute Gasteiger partial charge is 0.263 e. The van der Waals surface area contributed by atoms with Crippen molar-refractivity contribution in [1.29, 1.82) is 0 Å². The molecule has 0 bridgehead atoms. The first-order valence-corrected chi connectivity index (χ1v) is 11.0. The van der Waals surface area contributed by atoms with Crippen molar-refractivity contribution in [3.63, 3.8) is 0 Å². The number of amides is 1. The molecule has 7 heteroatoms. The van der Waals surface area contributed by atoms with Gasteiger partial charge in [-0.1, -0.05) is 43.3 Å². The van der Waals surface area contributed by atoms with Crippen LogP contribution < -0.4 is 4.74 Å². The molecule has 0 radical (unpaired) electrons. The first kappa shape index (κ1) is 20.4. The van der Waals surface area contributed by atoms with Crippen LogP contribution in [-0.2, 0) is 21.2 Å². The Morgan fingerprint density at radius 3 is 2.25 bits per heavy atom. The summed E-state index contributed by atoms with van der Waals surface area (Å²) in [6, 6.07) is 16.1. The fourth-order valence-corrected chi connectivity index (χ4v) is 4.74. The molecule has 28 heavy (non-hydrogen) atoms. The number of carbonyl (C=O) groups excluding carboxylic acids is 1. The standard InChI is InChI=1S/C21H26N2O4S/c1-3-18-9-7-8-12-20(18)27-17(2)21(24)22-13-15-23(16-14-22)28(25,26)19-10-5-4-6-11-19/h4-12,17H,3,13-16H2,1-2H3. The van der Waals surface area contributed by atoms with Crippen LogP contribution in [0, 0.1) is 0 Å². The van der Waals surface area contributed by atoms with Gasteiger partial charge in [-0.15, -0.1) is 0 Å². The Bertz CT molecular complexity index is 907. The molecule has 1 saturated heterocycles. The highest BCUT2D eigenvalue weighted by molar-refractivity contribution is 7.89. The average Bonchev–Trinajstić information content (AvgIpc) is 2.74. The van der Waals surface area contributed by atoms with Crippen LogP contribution in [0.4, 0.5) is 0 Å². The average molecular weight is 403 g/mol. The van der Waals surface area contributed by atoms with Crippen LogP contribution in [0.1, 0.15) is 19.4 Å². The molecule has 1 aliphatic heterocycles. The van der Waals surface area contributed by atoms with Crippen molar-refractivity contribution in [3.05, 3.63) is 60.2 Å². The van der Waals surface area contributed by atoms with E-state index in [0.717, 1.165) is 17.7 Å². The zero-order valence-electron chi connectivity index (χ0n) is 16.2. The second-order valence-electron chi connectivity index (χ2n) is 6.76. The Morgan fingerprint density at radius 1 is 1.00 bits per heavy atom. The molecule has 2 aromatic rings. The van der Waals surface area contributed by atoms with Gasteiger partial charge in [0.25, 0.3) is 5.91 Å². The Labute approximate surface area is 166 Å². The molecule has 0 N–H and O–H groups in total. The number of ether oxygens (including phenoxy) is 1. The van der Waals surface area contributed by atoms with Gasteiger partial charge in [0.05, 0.1) is 4.90 Å². The number of aryl methyl sites for hydroxylation is 1. The molecule has 150 valence electrons. The third-order valence-corrected chi connectivity index (χ3v) is 6.85. The number of rotatable bonds is 6. The highest BCUT2D eigenvalue weighted by atomic mass is 32.2. The Kier molecular flexibility index (Phi) is 6.36. The summed E-state index contributed by atoms with van der Waals surface area (Å²) in [6.07, 6.45) is 0.206. The van der Waals surface area contributed by atoms with Crippen molar-refractivity contribution in [2.45, 2.75) is 31.3 Å². The number of benzene rings is 2. The maximum absolute atomic E-state index is 12.8. The molecule has 3 rings (SSSR count). The molecule has 1 unspecified atom stereocenters. The minimum atomic E-state index is -3.52. The summed E-state index contributed by atoms with van der Waals surface area (Å²) in [6.45, 7) is 5.05. The van der Waals surface area contributed by atoms with Crippen LogP contribution in [0.25, 0.3) is 0 Å². The first-order valence-electron chi connectivity index (χ1n) is 9.52. The highest BCUT2D eigenvalue weighted by Crippen LogP contribution is 2.21. The zero-order chi connectivity index (χ0) is 20.1. The molecule has 1 aliphatic rings. The summed E-state index contributed by atoms with van der Waals surface area (Å²) in [7, 11) is -3.52. The summed E-state index contributed by atoms with van der Waals surface area (Å²) in [5, 5.41) is 0. The topological polar surface area (TPSA) is 66.9 Å². The minimum absolute atomic E-state index is 0.123. The SMILES string of the molecule is CCc1ccccc1OC(C)C(=O)N1CCN(S(=O)(=O)c2ccccc2)CC1. The quantitative estimate of drug-likeness (QED) is 0.745. The molecule has 1 heterocycles. The summed E-state index contributed by atoms with van der Waals surface area (Å²) in [5.74, 6) is 0.596. The maximum Gasteiger partial charge on any atom is 0.263 e. The summed E-state index contributed by atoms with van der Waals surface area (Å²) >= 11 is 0. The van der Waals surface area contributed by atoms with E-state index in [0.29, 0.717) is 13.1 Å². The van der Waals surface area contributed by atoms with E-state index in [1.807, 2.05) is 31.2 Å². The highest BCUT2D eigenvalue weighted by Gasteiger charge is 2.32. The van der Waals surface area contributed by atoms with Gasteiger partial charge < -0.3 is 9.64 Å². The van der Waals surface area contributed by atoms with Gasteiger partial charge in [-0.05, 0) is 37.1 Å². The summed E-state index contributed by atoms with van der Waals surface area (Å²) < 4.78 is 32.7. The van der Waals surface area contributed by atoms with Crippen LogP contribution in [-0.4, -0.2) is 55.8 Å². The van der Waals surface area contributed by atoms with E-state index in [-0.39, 0.29) is 23.9 Å². The van der Waals surface area contributed by atoms with Gasteiger partial charge in [0.1, 0.15) is 5.75 Å². The first-order chi connectivity index (χ1) is 13.4. The molecular weight excluding hydrogens is 376 g/mol. The van der Waals surface area contributed by atoms with Gasteiger partial charge in [-0.25, -0.2) is 8.42 Å². The molecule has 0 spiro atoms. The number of sulfonamides is 1. The lowest BCUT2D eigenvalue weighted by molar-refractivity contribution is -0.139. The number of nitrogens with zero attached hydrogens (tertiary/aromatic N) is 2. The van der Waals surface area contributed by atoms with Gasteiger partial charge in [0, 0.05) is 26.2 Å². The van der Waals surface area contributed by atoms with Gasteiger partial charge in [-0.2, -0.15) is 4.31 Å². The minimum Gasteiger partial charge on any atom is -0.481 e. The zero-order valence-corrected chi connectivity index (χ0v) is 17.1. The largest absolute Gasteiger partial charge is 0.481 e. The van der Waals surface area contributed by atoms with Gasteiger partial charge in [0.15, 0.2) is 6.10 Å². The molecule has 1 fully saturated rings. The monoisotopic (exact) mass is 402 g/mol. The van der Waals surface area contributed by atoms with Crippen LogP contribution in [0.3, 0.4) is 0 Å². The molecule has 1 atom stereocenters. The van der Waals surface area contributed by atoms with Crippen LogP contribution >= 0.6 is 0 Å². The molecule has 6 nitrogen and oxygen atoms in total. The lowest BCUT2D eigenvalue weighted by Crippen LogP contribution is -2.53. The second-order valence-corrected chi connectivity index (χ2v) is 8.70. The van der Waals surface area contributed by atoms with Crippen LogP contribution in [0.15, 0.2) is 59.5 Å². The molecule has 0 saturated carbocycles. The predicted molar refractivity (Wildman–Crippen MR) is 108 cm³/mol. The van der Waals surface area contributed by atoms with E-state index in [1.54, 1.807) is 42.2 Å². The van der Waals surface area contributed by atoms with Gasteiger partial charge >= 0.3 is 0 Å². The normalized spacial score (nSPS) is 16.6. The van der Waals surface area contributed by atoms with E-state index >= 15 is 0 Å². The Morgan fingerprint density at radius 2 is 1.61 bits per heavy atom. The van der Waals surface area contributed by atoms with Crippen molar-refractivity contribution >= 4 is 15.9 Å². The number of hydrogen-bond donors (Lipinski definition) is 0. The lowest BCUT2D eigenvalue weighted by Gasteiger charge is -2.35. The van der Waals surface area contributed by atoms with Crippen molar-refractivity contribution in [2.24, 2.45) is 0 Å². The molecule has 1 amide bonds. The Hall–Kier alpha value is -2.38. The van der Waals surface area contributed by atoms with Crippen molar-refractivity contribution in [3.8, 4) is 5.75 Å². The lowest BCUT2D eigenvalue weighted by atomic mass is 10.1. The number of para-hydroxylation sites is 1. The summed E-state index contributed by atoms with van der Waals surface area (Å²) in [5.41, 5.74) is 1.06. The van der Waals surface area contributed by atoms with Crippen LogP contribution in [0.2, 0.25) is 0 Å². The third kappa shape index (κ3) is 4.36. The number of hydrogen-bond acceptors (Lipinski definition) is 4. The fourth-order valence-electron chi connectivity index (χ4n) is 3.30. The molecule has 2 aromatic carbocycles. The molecular formula is C21H26N2O4S. The summed E-state index contributed by atoms with van der Waals surface area (Å²) in [4.78, 5) is 14.7. The van der Waals surface area contributed by atoms with Crippen molar-refractivity contribution in [1.82, 2.24) is 9.21 Å². The number of carbonyl (C=O) groups is 1. The Balaban J connectivity index is 1.60. The van der Waals surface area contributed by atoms with Crippen molar-refractivity contribution in [2.75, 3.05) is 26.2 Å². The fraction of sp³-hybridized carbons (Fsp3) is 0.381. The van der Waals surface area contributed by atoms with Crippen LogP contribution in [0.5, 0.6) is 5.75 Å². The molecule has 0 aliphatic carbocycles. The van der Waals surface area contributed by atoms with E-state index < -0.39 is 16.1 Å². The van der Waals surface area contributed by atoms with Gasteiger partial charge in [0.2, 0.25) is 10.0 Å². The van der Waals surface area contributed by atoms with E-state index in [1.165, 1.54) is 4.31 Å². The van der Waals surface area contributed by atoms with E-state index in [9.17, 15) is 13.2 Å².